The SMILES string of the molecule is CCc1ccccc1CC.COc1cc2c(cc1OC)C(C)N(CC(=O)NCc1ccccn1)CC2. The molecule has 1 aromatic heterocycles. The van der Waals surface area contributed by atoms with E-state index in [1.54, 1.807) is 20.4 Å². The smallest absolute Gasteiger partial charge is 0.234 e. The molecule has 0 saturated heterocycles. The molecule has 1 unspecified atom stereocenters. The van der Waals surface area contributed by atoms with Crippen molar-refractivity contribution in [2.24, 2.45) is 0 Å². The summed E-state index contributed by atoms with van der Waals surface area (Å²) < 4.78 is 10.8. The number of pyridine rings is 1. The van der Waals surface area contributed by atoms with Gasteiger partial charge in [0.05, 0.1) is 33.0 Å². The van der Waals surface area contributed by atoms with E-state index in [4.69, 9.17) is 9.47 Å². The van der Waals surface area contributed by atoms with Crippen molar-refractivity contribution < 1.29 is 14.3 Å². The number of methoxy groups -OCH3 is 2. The lowest BCUT2D eigenvalue weighted by molar-refractivity contribution is -0.123. The van der Waals surface area contributed by atoms with Crippen molar-refractivity contribution >= 4 is 5.91 Å². The standard InChI is InChI=1S/C20H25N3O3.C10H14/c1-14-17-11-19(26-3)18(25-2)10-15(17)7-9-23(14)13-20(24)22-12-16-6-4-5-8-21-16;1-3-9-7-5-6-8-10(9)4-2/h4-6,8,10-11,14H,7,9,12-13H2,1-3H3,(H,22,24);5-8H,3-4H2,1-2H3. The number of hydrogen-bond donors (Lipinski definition) is 1. The summed E-state index contributed by atoms with van der Waals surface area (Å²) in [7, 11) is 3.29. The maximum atomic E-state index is 12.3. The number of ether oxygens (including phenoxy) is 2. The van der Waals surface area contributed by atoms with Crippen LogP contribution in [0.25, 0.3) is 0 Å². The van der Waals surface area contributed by atoms with Crippen LogP contribution in [0.1, 0.15) is 54.8 Å². The van der Waals surface area contributed by atoms with E-state index in [-0.39, 0.29) is 11.9 Å². The van der Waals surface area contributed by atoms with Crippen LogP contribution in [0, 0.1) is 0 Å². The summed E-state index contributed by atoms with van der Waals surface area (Å²) >= 11 is 0. The Bertz CT molecular complexity index is 1090. The number of carbonyl (C=O) groups excluding carboxylic acids is 1. The summed E-state index contributed by atoms with van der Waals surface area (Å²) in [5.74, 6) is 1.48. The van der Waals surface area contributed by atoms with Crippen molar-refractivity contribution in [3.8, 4) is 11.5 Å². The Morgan fingerprint density at radius 1 is 1.00 bits per heavy atom. The van der Waals surface area contributed by atoms with Gasteiger partial charge in [-0.05, 0) is 72.7 Å². The molecule has 2 heterocycles. The Kier molecular flexibility index (Phi) is 10.3. The van der Waals surface area contributed by atoms with Crippen molar-refractivity contribution in [3.05, 3.63) is 88.7 Å². The molecular formula is C30H39N3O3. The van der Waals surface area contributed by atoms with Gasteiger partial charge < -0.3 is 14.8 Å². The van der Waals surface area contributed by atoms with E-state index >= 15 is 0 Å². The molecule has 4 rings (SSSR count). The first kappa shape index (κ1) is 27.2. The van der Waals surface area contributed by atoms with Crippen LogP contribution in [-0.4, -0.2) is 43.1 Å². The summed E-state index contributed by atoms with van der Waals surface area (Å²) in [6.45, 7) is 8.17. The van der Waals surface area contributed by atoms with E-state index in [1.165, 1.54) is 22.3 Å². The Hall–Kier alpha value is -3.38. The number of aryl methyl sites for hydroxylation is 2. The number of rotatable bonds is 8. The molecular weight excluding hydrogens is 450 g/mol. The summed E-state index contributed by atoms with van der Waals surface area (Å²) in [4.78, 5) is 18.7. The number of amides is 1. The highest BCUT2D eigenvalue weighted by atomic mass is 16.5. The lowest BCUT2D eigenvalue weighted by Crippen LogP contribution is -2.41. The number of fused-ring (bicyclic) bond motifs is 1. The predicted molar refractivity (Wildman–Crippen MR) is 145 cm³/mol. The van der Waals surface area contributed by atoms with E-state index in [0.29, 0.717) is 13.1 Å². The summed E-state index contributed by atoms with van der Waals surface area (Å²) in [5.41, 5.74) is 6.27. The molecule has 0 spiro atoms. The van der Waals surface area contributed by atoms with Crippen LogP contribution in [0.2, 0.25) is 0 Å². The van der Waals surface area contributed by atoms with Crippen molar-refractivity contribution in [2.75, 3.05) is 27.3 Å². The molecule has 2 aromatic carbocycles. The molecule has 0 radical (unpaired) electrons. The van der Waals surface area contributed by atoms with Gasteiger partial charge in [-0.25, -0.2) is 0 Å². The molecule has 0 fully saturated rings. The molecule has 0 aliphatic carbocycles. The Labute approximate surface area is 215 Å². The fraction of sp³-hybridized carbons (Fsp3) is 0.400. The van der Waals surface area contributed by atoms with Crippen LogP contribution >= 0.6 is 0 Å². The number of nitrogens with one attached hydrogen (secondary N) is 1. The van der Waals surface area contributed by atoms with Crippen LogP contribution in [0.15, 0.2) is 60.8 Å². The molecule has 3 aromatic rings. The van der Waals surface area contributed by atoms with Crippen LogP contribution < -0.4 is 14.8 Å². The molecule has 1 amide bonds. The molecule has 0 saturated carbocycles. The zero-order chi connectivity index (χ0) is 25.9. The topological polar surface area (TPSA) is 63.7 Å². The monoisotopic (exact) mass is 489 g/mol. The number of benzene rings is 2. The largest absolute Gasteiger partial charge is 0.493 e. The van der Waals surface area contributed by atoms with Crippen molar-refractivity contribution in [1.29, 1.82) is 0 Å². The Morgan fingerprint density at radius 2 is 1.64 bits per heavy atom. The molecule has 1 aliphatic heterocycles. The van der Waals surface area contributed by atoms with Gasteiger partial charge in [-0.15, -0.1) is 0 Å². The van der Waals surface area contributed by atoms with Gasteiger partial charge in [0.25, 0.3) is 0 Å². The molecule has 192 valence electrons. The minimum Gasteiger partial charge on any atom is -0.493 e. The highest BCUT2D eigenvalue weighted by molar-refractivity contribution is 5.78. The average Bonchev–Trinajstić information content (AvgIpc) is 2.93. The Balaban J connectivity index is 0.000000303. The van der Waals surface area contributed by atoms with Crippen LogP contribution in [-0.2, 0) is 30.6 Å². The zero-order valence-electron chi connectivity index (χ0n) is 22.2. The van der Waals surface area contributed by atoms with E-state index in [2.05, 4.69) is 60.2 Å². The second kappa shape index (κ2) is 13.6. The average molecular weight is 490 g/mol. The maximum Gasteiger partial charge on any atom is 0.234 e. The van der Waals surface area contributed by atoms with Crippen LogP contribution in [0.5, 0.6) is 11.5 Å². The first-order valence-corrected chi connectivity index (χ1v) is 12.7. The third kappa shape index (κ3) is 7.08. The zero-order valence-corrected chi connectivity index (χ0v) is 22.2. The molecule has 1 N–H and O–H groups in total. The van der Waals surface area contributed by atoms with Crippen molar-refractivity contribution in [2.45, 2.75) is 52.6 Å². The van der Waals surface area contributed by atoms with E-state index < -0.39 is 0 Å². The lowest BCUT2D eigenvalue weighted by atomic mass is 9.93. The maximum absolute atomic E-state index is 12.3. The highest BCUT2D eigenvalue weighted by Gasteiger charge is 2.27. The number of nitrogens with zero attached hydrogens (tertiary/aromatic N) is 2. The highest BCUT2D eigenvalue weighted by Crippen LogP contribution is 2.37. The normalized spacial score (nSPS) is 14.8. The minimum absolute atomic E-state index is 0.00595. The first-order chi connectivity index (χ1) is 17.5. The summed E-state index contributed by atoms with van der Waals surface area (Å²) in [5, 5.41) is 2.94. The van der Waals surface area contributed by atoms with Crippen molar-refractivity contribution in [1.82, 2.24) is 15.2 Å². The van der Waals surface area contributed by atoms with E-state index in [9.17, 15) is 4.79 Å². The second-order valence-corrected chi connectivity index (χ2v) is 8.88. The fourth-order valence-corrected chi connectivity index (χ4v) is 4.59. The van der Waals surface area contributed by atoms with Gasteiger partial charge in [-0.2, -0.15) is 0 Å². The summed E-state index contributed by atoms with van der Waals surface area (Å²) in [6.07, 6.45) is 4.92. The first-order valence-electron chi connectivity index (χ1n) is 12.7. The molecule has 1 aliphatic rings. The number of carbonyl (C=O) groups is 1. The molecule has 6 heteroatoms. The van der Waals surface area contributed by atoms with Gasteiger partial charge in [0, 0.05) is 18.8 Å². The Morgan fingerprint density at radius 3 is 2.22 bits per heavy atom. The molecule has 6 nitrogen and oxygen atoms in total. The molecule has 1 atom stereocenters. The minimum atomic E-state index is 0.00595. The quantitative estimate of drug-likeness (QED) is 0.474. The van der Waals surface area contributed by atoms with Gasteiger partial charge >= 0.3 is 0 Å². The predicted octanol–water partition coefficient (Wildman–Crippen LogP) is 5.15. The third-order valence-electron chi connectivity index (χ3n) is 6.73. The molecule has 36 heavy (non-hydrogen) atoms. The number of hydrogen-bond acceptors (Lipinski definition) is 5. The van der Waals surface area contributed by atoms with Gasteiger partial charge in [0.15, 0.2) is 11.5 Å². The van der Waals surface area contributed by atoms with Gasteiger partial charge in [-0.1, -0.05) is 44.2 Å². The summed E-state index contributed by atoms with van der Waals surface area (Å²) in [6, 6.07) is 18.5. The number of aromatic nitrogens is 1. The van der Waals surface area contributed by atoms with Gasteiger partial charge in [0.1, 0.15) is 0 Å². The lowest BCUT2D eigenvalue weighted by Gasteiger charge is -2.35. The van der Waals surface area contributed by atoms with Crippen LogP contribution in [0.3, 0.4) is 0 Å². The third-order valence-corrected chi connectivity index (χ3v) is 6.73. The van der Waals surface area contributed by atoms with E-state index in [0.717, 1.165) is 43.0 Å². The molecule has 0 bridgehead atoms. The fourth-order valence-electron chi connectivity index (χ4n) is 4.59. The van der Waals surface area contributed by atoms with E-state index in [1.807, 2.05) is 30.3 Å². The second-order valence-electron chi connectivity index (χ2n) is 8.88. The van der Waals surface area contributed by atoms with Gasteiger partial charge in [0.2, 0.25) is 5.91 Å². The van der Waals surface area contributed by atoms with Crippen molar-refractivity contribution in [3.63, 3.8) is 0 Å². The van der Waals surface area contributed by atoms with Crippen LogP contribution in [0.4, 0.5) is 0 Å². The van der Waals surface area contributed by atoms with Gasteiger partial charge in [-0.3, -0.25) is 14.7 Å².